The molecule has 21 heavy (non-hydrogen) atoms. The van der Waals surface area contributed by atoms with Crippen molar-refractivity contribution in [3.8, 4) is 0 Å². The van der Waals surface area contributed by atoms with Gasteiger partial charge in [0.25, 0.3) is 0 Å². The molecule has 0 saturated carbocycles. The first-order chi connectivity index (χ1) is 10.1. The summed E-state index contributed by atoms with van der Waals surface area (Å²) >= 11 is 0. The van der Waals surface area contributed by atoms with E-state index in [-0.39, 0.29) is 0 Å². The normalized spacial score (nSPS) is 12.6. The molecule has 2 nitrogen and oxygen atoms in total. The Morgan fingerprint density at radius 3 is 2.43 bits per heavy atom. The molecular formula is C19H26N2. The van der Waals surface area contributed by atoms with E-state index < -0.39 is 0 Å². The summed E-state index contributed by atoms with van der Waals surface area (Å²) in [5.74, 6) is 0. The third kappa shape index (κ3) is 4.08. The molecule has 2 aromatic carbocycles. The Morgan fingerprint density at radius 2 is 1.81 bits per heavy atom. The van der Waals surface area contributed by atoms with Crippen molar-refractivity contribution in [2.75, 3.05) is 12.3 Å². The maximum atomic E-state index is 6.07. The molecule has 2 N–H and O–H groups in total. The highest BCUT2D eigenvalue weighted by molar-refractivity contribution is 5.49. The number of nitrogens with zero attached hydrogens (tertiary/aromatic N) is 1. The fourth-order valence-corrected chi connectivity index (χ4v) is 2.64. The summed E-state index contributed by atoms with van der Waals surface area (Å²) in [6.07, 6.45) is 1.15. The first kappa shape index (κ1) is 15.6. The second kappa shape index (κ2) is 7.28. The molecule has 1 atom stereocenters. The van der Waals surface area contributed by atoms with E-state index in [1.807, 2.05) is 0 Å². The number of aryl methyl sites for hydroxylation is 1. The lowest BCUT2D eigenvalue weighted by molar-refractivity contribution is 0.202. The maximum absolute atomic E-state index is 6.07. The van der Waals surface area contributed by atoms with E-state index in [2.05, 4.69) is 74.2 Å². The van der Waals surface area contributed by atoms with Crippen LogP contribution in [0, 0.1) is 6.92 Å². The number of nitrogen functional groups attached to an aromatic ring is 1. The summed E-state index contributed by atoms with van der Waals surface area (Å²) in [4.78, 5) is 2.51. The van der Waals surface area contributed by atoms with Gasteiger partial charge in [-0.25, -0.2) is 0 Å². The minimum Gasteiger partial charge on any atom is -0.399 e. The monoisotopic (exact) mass is 282 g/mol. The second-order valence-corrected chi connectivity index (χ2v) is 5.75. The van der Waals surface area contributed by atoms with Crippen molar-refractivity contribution >= 4 is 5.69 Å². The molecule has 2 rings (SSSR count). The van der Waals surface area contributed by atoms with Gasteiger partial charge in [0.2, 0.25) is 0 Å². The molecule has 112 valence electrons. The zero-order valence-electron chi connectivity index (χ0n) is 13.3. The molecule has 0 heterocycles. The quantitative estimate of drug-likeness (QED) is 0.788. The van der Waals surface area contributed by atoms with E-state index in [1.165, 1.54) is 11.1 Å². The molecule has 0 aliphatic rings. The third-order valence-corrected chi connectivity index (χ3v) is 4.07. The lowest BCUT2D eigenvalue weighted by Gasteiger charge is -2.29. The zero-order valence-corrected chi connectivity index (χ0v) is 13.3. The SMILES string of the molecule is CCCN(Cc1ccccc1)C(C)c1ccc(C)c(N)c1. The standard InChI is InChI=1S/C19H26N2/c1-4-12-21(14-17-8-6-5-7-9-17)16(3)18-11-10-15(2)19(20)13-18/h5-11,13,16H,4,12,14,20H2,1-3H3. The average molecular weight is 282 g/mol. The molecule has 0 saturated heterocycles. The van der Waals surface area contributed by atoms with Crippen molar-refractivity contribution in [1.82, 2.24) is 4.90 Å². The van der Waals surface area contributed by atoms with Crippen LogP contribution >= 0.6 is 0 Å². The fraction of sp³-hybridized carbons (Fsp3) is 0.368. The van der Waals surface area contributed by atoms with Gasteiger partial charge in [-0.15, -0.1) is 0 Å². The molecule has 0 spiro atoms. The number of hydrogen-bond acceptors (Lipinski definition) is 2. The van der Waals surface area contributed by atoms with Gasteiger partial charge < -0.3 is 5.73 Å². The Labute approximate surface area is 128 Å². The molecule has 0 bridgehead atoms. The Bertz CT molecular complexity index is 563. The molecule has 0 radical (unpaired) electrons. The lowest BCUT2D eigenvalue weighted by atomic mass is 10.0. The lowest BCUT2D eigenvalue weighted by Crippen LogP contribution is -2.27. The third-order valence-electron chi connectivity index (χ3n) is 4.07. The van der Waals surface area contributed by atoms with Gasteiger partial charge in [-0.3, -0.25) is 4.90 Å². The molecule has 0 aliphatic carbocycles. The summed E-state index contributed by atoms with van der Waals surface area (Å²) in [5, 5.41) is 0. The van der Waals surface area contributed by atoms with Crippen molar-refractivity contribution in [1.29, 1.82) is 0 Å². The predicted octanol–water partition coefficient (Wildman–Crippen LogP) is 4.55. The van der Waals surface area contributed by atoms with Crippen LogP contribution in [-0.4, -0.2) is 11.4 Å². The number of benzene rings is 2. The number of rotatable bonds is 6. The number of nitrogens with two attached hydrogens (primary N) is 1. The number of anilines is 1. The van der Waals surface area contributed by atoms with Gasteiger partial charge in [0, 0.05) is 18.3 Å². The van der Waals surface area contributed by atoms with Crippen LogP contribution < -0.4 is 5.73 Å². The minimum absolute atomic E-state index is 0.369. The Balaban J connectivity index is 2.18. The van der Waals surface area contributed by atoms with Crippen LogP contribution in [-0.2, 0) is 6.54 Å². The summed E-state index contributed by atoms with van der Waals surface area (Å²) in [5.41, 5.74) is 10.8. The van der Waals surface area contributed by atoms with Crippen LogP contribution in [0.4, 0.5) is 5.69 Å². The predicted molar refractivity (Wildman–Crippen MR) is 91.1 cm³/mol. The average Bonchev–Trinajstić information content (AvgIpc) is 2.50. The number of hydrogen-bond donors (Lipinski definition) is 1. The van der Waals surface area contributed by atoms with Crippen molar-refractivity contribution in [2.24, 2.45) is 0 Å². The highest BCUT2D eigenvalue weighted by atomic mass is 15.1. The van der Waals surface area contributed by atoms with Crippen molar-refractivity contribution in [3.63, 3.8) is 0 Å². The fourth-order valence-electron chi connectivity index (χ4n) is 2.64. The Morgan fingerprint density at radius 1 is 1.10 bits per heavy atom. The van der Waals surface area contributed by atoms with Crippen LogP contribution in [0.15, 0.2) is 48.5 Å². The molecular weight excluding hydrogens is 256 g/mol. The maximum Gasteiger partial charge on any atom is 0.0347 e. The van der Waals surface area contributed by atoms with E-state index in [4.69, 9.17) is 5.73 Å². The van der Waals surface area contributed by atoms with Gasteiger partial charge in [0.05, 0.1) is 0 Å². The zero-order chi connectivity index (χ0) is 15.2. The van der Waals surface area contributed by atoms with E-state index in [0.717, 1.165) is 30.8 Å². The van der Waals surface area contributed by atoms with Crippen LogP contribution in [0.1, 0.15) is 43.0 Å². The molecule has 0 fully saturated rings. The van der Waals surface area contributed by atoms with Gasteiger partial charge >= 0.3 is 0 Å². The van der Waals surface area contributed by atoms with E-state index >= 15 is 0 Å². The van der Waals surface area contributed by atoms with E-state index in [1.54, 1.807) is 0 Å². The van der Waals surface area contributed by atoms with Crippen LogP contribution in [0.5, 0.6) is 0 Å². The van der Waals surface area contributed by atoms with Crippen molar-refractivity contribution < 1.29 is 0 Å². The summed E-state index contributed by atoms with van der Waals surface area (Å²) in [7, 11) is 0. The van der Waals surface area contributed by atoms with E-state index in [0.29, 0.717) is 6.04 Å². The minimum atomic E-state index is 0.369. The molecule has 2 aromatic rings. The molecule has 0 aliphatic heterocycles. The largest absolute Gasteiger partial charge is 0.399 e. The van der Waals surface area contributed by atoms with Crippen molar-refractivity contribution in [3.05, 3.63) is 65.2 Å². The first-order valence-corrected chi connectivity index (χ1v) is 7.75. The summed E-state index contributed by atoms with van der Waals surface area (Å²) in [6.45, 7) is 8.61. The summed E-state index contributed by atoms with van der Waals surface area (Å²) < 4.78 is 0. The van der Waals surface area contributed by atoms with Crippen LogP contribution in [0.3, 0.4) is 0 Å². The molecule has 0 amide bonds. The van der Waals surface area contributed by atoms with Crippen molar-refractivity contribution in [2.45, 2.75) is 39.8 Å². The Hall–Kier alpha value is -1.80. The van der Waals surface area contributed by atoms with Gasteiger partial charge in [0.15, 0.2) is 0 Å². The molecule has 2 heteroatoms. The summed E-state index contributed by atoms with van der Waals surface area (Å²) in [6, 6.07) is 17.5. The first-order valence-electron chi connectivity index (χ1n) is 7.75. The second-order valence-electron chi connectivity index (χ2n) is 5.75. The highest BCUT2D eigenvalue weighted by Gasteiger charge is 2.16. The van der Waals surface area contributed by atoms with Crippen LogP contribution in [0.2, 0.25) is 0 Å². The van der Waals surface area contributed by atoms with Gasteiger partial charge in [-0.1, -0.05) is 49.4 Å². The van der Waals surface area contributed by atoms with Gasteiger partial charge in [-0.2, -0.15) is 0 Å². The van der Waals surface area contributed by atoms with E-state index in [9.17, 15) is 0 Å². The van der Waals surface area contributed by atoms with Crippen LogP contribution in [0.25, 0.3) is 0 Å². The van der Waals surface area contributed by atoms with Gasteiger partial charge in [0.1, 0.15) is 0 Å². The smallest absolute Gasteiger partial charge is 0.0347 e. The Kier molecular flexibility index (Phi) is 5.40. The molecule has 0 aromatic heterocycles. The topological polar surface area (TPSA) is 29.3 Å². The highest BCUT2D eigenvalue weighted by Crippen LogP contribution is 2.25. The molecule has 1 unspecified atom stereocenters. The van der Waals surface area contributed by atoms with Gasteiger partial charge in [-0.05, 0) is 49.6 Å².